The van der Waals surface area contributed by atoms with E-state index in [-0.39, 0.29) is 41.9 Å². The van der Waals surface area contributed by atoms with Gasteiger partial charge in [0.2, 0.25) is 0 Å². The molecule has 12 nitrogen and oxygen atoms in total. The predicted octanol–water partition coefficient (Wildman–Crippen LogP) is 4.04. The minimum atomic E-state index is -3.78. The number of ether oxygens (including phenoxy) is 1. The second kappa shape index (κ2) is 12.8. The smallest absolute Gasteiger partial charge is 0.382 e. The summed E-state index contributed by atoms with van der Waals surface area (Å²) in [5, 5.41) is 3.03. The number of anilines is 1. The molecule has 3 N–H and O–H groups in total. The molecule has 15 heteroatoms. The van der Waals surface area contributed by atoms with E-state index in [2.05, 4.69) is 20.0 Å². The zero-order chi connectivity index (χ0) is 28.1. The number of nitrogen functional groups attached to an aromatic ring is 1. The molecule has 1 aliphatic rings. The third-order valence-corrected chi connectivity index (χ3v) is 9.61. The fourth-order valence-electron chi connectivity index (χ4n) is 3.32. The van der Waals surface area contributed by atoms with Crippen molar-refractivity contribution in [1.82, 2.24) is 24.6 Å². The Bertz CT molecular complexity index is 1140. The van der Waals surface area contributed by atoms with Crippen LogP contribution >= 0.6 is 31.3 Å². The quantitative estimate of drug-likeness (QED) is 0.286. The summed E-state index contributed by atoms with van der Waals surface area (Å²) in [4.78, 5) is 36.9. The number of nitrogens with zero attached hydrogens (tertiary/aromatic N) is 4. The lowest BCUT2D eigenvalue weighted by molar-refractivity contribution is -0.118. The summed E-state index contributed by atoms with van der Waals surface area (Å²) >= 11 is 2.26. The number of fused-ring (bicyclic) bond motifs is 1. The lowest BCUT2D eigenvalue weighted by atomic mass is 9.99. The van der Waals surface area contributed by atoms with Gasteiger partial charge in [-0.15, -0.1) is 0 Å². The Kier molecular flexibility index (Phi) is 10.4. The highest BCUT2D eigenvalue weighted by molar-refractivity contribution is 8.14. The molecule has 2 aromatic rings. The lowest BCUT2D eigenvalue weighted by Gasteiger charge is -2.23. The summed E-state index contributed by atoms with van der Waals surface area (Å²) in [7, 11) is -3.78. The van der Waals surface area contributed by atoms with E-state index in [0.717, 1.165) is 23.5 Å². The molecular weight excluding hydrogens is 551 g/mol. The summed E-state index contributed by atoms with van der Waals surface area (Å²) in [6.07, 6.45) is 2.98. The zero-order valence-electron chi connectivity index (χ0n) is 22.6. The first-order valence-electron chi connectivity index (χ1n) is 12.3. The number of thioether (sulfide) groups is 2. The van der Waals surface area contributed by atoms with Crippen LogP contribution < -0.4 is 10.8 Å². The highest BCUT2D eigenvalue weighted by Crippen LogP contribution is 2.46. The van der Waals surface area contributed by atoms with Crippen molar-refractivity contribution in [2.24, 2.45) is 10.8 Å². The minimum absolute atomic E-state index is 0.0194. The van der Waals surface area contributed by atoms with Crippen LogP contribution in [0.15, 0.2) is 12.7 Å². The van der Waals surface area contributed by atoms with Gasteiger partial charge in [0.05, 0.1) is 26.1 Å². The van der Waals surface area contributed by atoms with E-state index in [1.807, 2.05) is 41.5 Å². The molecular formula is C23H37N6O6PS2. The van der Waals surface area contributed by atoms with Gasteiger partial charge in [-0.25, -0.2) is 24.6 Å². The highest BCUT2D eigenvalue weighted by Gasteiger charge is 2.36. The molecule has 3 rings (SSSR count). The van der Waals surface area contributed by atoms with Gasteiger partial charge in [0.15, 0.2) is 21.7 Å². The van der Waals surface area contributed by atoms with Gasteiger partial charge < -0.3 is 10.5 Å². The third kappa shape index (κ3) is 8.48. The largest absolute Gasteiger partial charge is 0.405 e. The first-order chi connectivity index (χ1) is 17.7. The van der Waals surface area contributed by atoms with Crippen molar-refractivity contribution in [3.8, 4) is 0 Å². The number of nitrogens with one attached hydrogen (secondary N) is 1. The predicted molar refractivity (Wildman–Crippen MR) is 150 cm³/mol. The average Bonchev–Trinajstić information content (AvgIpc) is 3.45. The molecule has 2 aromatic heterocycles. The second-order valence-corrected chi connectivity index (χ2v) is 14.8. The fourth-order valence-corrected chi connectivity index (χ4v) is 6.65. The van der Waals surface area contributed by atoms with Crippen LogP contribution in [0.25, 0.3) is 11.2 Å². The van der Waals surface area contributed by atoms with Crippen LogP contribution in [0, 0.1) is 10.8 Å². The van der Waals surface area contributed by atoms with E-state index in [1.54, 1.807) is 10.9 Å². The van der Waals surface area contributed by atoms with Crippen molar-refractivity contribution >= 4 is 58.5 Å². The van der Waals surface area contributed by atoms with Crippen molar-refractivity contribution < 1.29 is 27.9 Å². The zero-order valence-corrected chi connectivity index (χ0v) is 25.2. The lowest BCUT2D eigenvalue weighted by Crippen LogP contribution is -2.29. The Balaban J connectivity index is 1.61. The highest BCUT2D eigenvalue weighted by atomic mass is 32.2. The standard InChI is InChI=1S/C23H37N6O6PS2/c1-22(2,3)20(30)37-9-7-34-36(32,35-8-10-38-21(31)23(4,5)6)28-15-11-16(33-12-15)29-14-27-17-18(24)25-13-26-19(17)29/h13-16H,7-12H2,1-6H3,(H,28,32)(H2,24,25,26). The molecule has 0 saturated carbocycles. The monoisotopic (exact) mass is 588 g/mol. The van der Waals surface area contributed by atoms with Gasteiger partial charge >= 0.3 is 7.75 Å². The first-order valence-corrected chi connectivity index (χ1v) is 15.8. The van der Waals surface area contributed by atoms with E-state index in [9.17, 15) is 14.2 Å². The summed E-state index contributed by atoms with van der Waals surface area (Å²) in [5.41, 5.74) is 5.94. The Morgan fingerprint density at radius 2 is 1.66 bits per heavy atom. The Morgan fingerprint density at radius 1 is 1.08 bits per heavy atom. The van der Waals surface area contributed by atoms with Gasteiger partial charge in [0, 0.05) is 34.8 Å². The summed E-state index contributed by atoms with van der Waals surface area (Å²) < 4.78 is 32.7. The van der Waals surface area contributed by atoms with Gasteiger partial charge in [0.25, 0.3) is 0 Å². The van der Waals surface area contributed by atoms with E-state index < -0.39 is 24.8 Å². The molecule has 0 bridgehead atoms. The van der Waals surface area contributed by atoms with Crippen molar-refractivity contribution in [3.63, 3.8) is 0 Å². The molecule has 212 valence electrons. The number of carbonyl (C=O) groups excluding carboxylic acids is 2. The van der Waals surface area contributed by atoms with Crippen molar-refractivity contribution in [1.29, 1.82) is 0 Å². The first kappa shape index (κ1) is 31.0. The van der Waals surface area contributed by atoms with E-state index in [0.29, 0.717) is 29.1 Å². The molecule has 0 aromatic carbocycles. The molecule has 0 aliphatic carbocycles. The number of imidazole rings is 1. The van der Waals surface area contributed by atoms with Crippen LogP contribution in [0.4, 0.5) is 5.82 Å². The van der Waals surface area contributed by atoms with Crippen LogP contribution in [0.2, 0.25) is 0 Å². The second-order valence-electron chi connectivity index (χ2n) is 10.9. The molecule has 1 aliphatic heterocycles. The van der Waals surface area contributed by atoms with Crippen molar-refractivity contribution in [2.45, 2.75) is 60.2 Å². The number of nitrogens with two attached hydrogens (primary N) is 1. The summed E-state index contributed by atoms with van der Waals surface area (Å²) in [6, 6.07) is -0.352. The van der Waals surface area contributed by atoms with Crippen molar-refractivity contribution in [3.05, 3.63) is 12.7 Å². The molecule has 2 atom stereocenters. The van der Waals surface area contributed by atoms with Crippen LogP contribution in [0.1, 0.15) is 54.2 Å². The maximum Gasteiger partial charge on any atom is 0.405 e. The number of rotatable bonds is 11. The third-order valence-electron chi connectivity index (χ3n) is 5.39. The Morgan fingerprint density at radius 3 is 2.21 bits per heavy atom. The van der Waals surface area contributed by atoms with E-state index in [1.165, 1.54) is 6.33 Å². The van der Waals surface area contributed by atoms with E-state index in [4.69, 9.17) is 19.5 Å². The maximum absolute atomic E-state index is 13.6. The number of aromatic nitrogens is 4. The van der Waals surface area contributed by atoms with Gasteiger partial charge in [-0.1, -0.05) is 65.1 Å². The van der Waals surface area contributed by atoms with Gasteiger partial charge in [-0.05, 0) is 0 Å². The Labute approximate surface area is 231 Å². The van der Waals surface area contributed by atoms with Gasteiger partial charge in [0.1, 0.15) is 18.1 Å². The molecule has 3 heterocycles. The maximum atomic E-state index is 13.6. The van der Waals surface area contributed by atoms with Crippen LogP contribution in [0.3, 0.4) is 0 Å². The molecule has 1 saturated heterocycles. The molecule has 0 spiro atoms. The SMILES string of the molecule is CC(C)(C)C(=O)SCCOP(=O)(NC1COC(n2cnc3c(N)ncnc32)C1)OCCSC(=O)C(C)(C)C. The van der Waals surface area contributed by atoms with Crippen LogP contribution in [-0.4, -0.2) is 67.1 Å². The number of hydrogen-bond acceptors (Lipinski definition) is 12. The van der Waals surface area contributed by atoms with Crippen molar-refractivity contribution in [2.75, 3.05) is 37.1 Å². The molecule has 1 fully saturated rings. The van der Waals surface area contributed by atoms with Crippen LogP contribution in [-0.2, 0) is 27.9 Å². The summed E-state index contributed by atoms with van der Waals surface area (Å²) in [5.74, 6) is 0.932. The topological polar surface area (TPSA) is 161 Å². The van der Waals surface area contributed by atoms with E-state index >= 15 is 0 Å². The van der Waals surface area contributed by atoms with Crippen LogP contribution in [0.5, 0.6) is 0 Å². The molecule has 0 radical (unpaired) electrons. The average molecular weight is 589 g/mol. The fraction of sp³-hybridized carbons (Fsp3) is 0.696. The number of hydrogen-bond donors (Lipinski definition) is 2. The van der Waals surface area contributed by atoms with Gasteiger partial charge in [-0.2, -0.15) is 0 Å². The molecule has 38 heavy (non-hydrogen) atoms. The Hall–Kier alpha value is -1.54. The normalized spacial score (nSPS) is 18.8. The number of carbonyl (C=O) groups is 2. The van der Waals surface area contributed by atoms with Gasteiger partial charge in [-0.3, -0.25) is 23.2 Å². The molecule has 2 unspecified atom stereocenters. The summed E-state index contributed by atoms with van der Waals surface area (Å²) in [6.45, 7) is 11.4. The molecule has 0 amide bonds. The minimum Gasteiger partial charge on any atom is -0.382 e.